The van der Waals surface area contributed by atoms with E-state index in [0.717, 1.165) is 34.3 Å². The van der Waals surface area contributed by atoms with Gasteiger partial charge in [-0.15, -0.1) is 0 Å². The van der Waals surface area contributed by atoms with Crippen LogP contribution in [-0.2, 0) is 6.54 Å². The van der Waals surface area contributed by atoms with Gasteiger partial charge in [0.1, 0.15) is 5.82 Å². The Morgan fingerprint density at radius 3 is 2.74 bits per heavy atom. The molecule has 0 saturated carbocycles. The van der Waals surface area contributed by atoms with Crippen molar-refractivity contribution in [3.05, 3.63) is 64.4 Å². The SMILES string of the molecule is Cc1nc2ccccc2n1CCCNC(=O)c1ccccc1Br. The zero-order valence-corrected chi connectivity index (χ0v) is 14.5. The number of imidazole rings is 1. The first-order chi connectivity index (χ1) is 11.2. The van der Waals surface area contributed by atoms with E-state index in [2.05, 4.69) is 36.9 Å². The van der Waals surface area contributed by atoms with Crippen LogP contribution in [0.1, 0.15) is 22.6 Å². The quantitative estimate of drug-likeness (QED) is 0.690. The standard InChI is InChI=1S/C18H18BrN3O/c1-13-21-16-9-4-5-10-17(16)22(13)12-6-11-20-18(23)14-7-2-3-8-15(14)19/h2-5,7-10H,6,11-12H2,1H3,(H,20,23). The van der Waals surface area contributed by atoms with Gasteiger partial charge in [0.2, 0.25) is 0 Å². The van der Waals surface area contributed by atoms with E-state index in [9.17, 15) is 4.79 Å². The molecule has 1 aromatic heterocycles. The highest BCUT2D eigenvalue weighted by Crippen LogP contribution is 2.16. The molecule has 2 aromatic carbocycles. The number of carbonyl (C=O) groups is 1. The van der Waals surface area contributed by atoms with E-state index < -0.39 is 0 Å². The van der Waals surface area contributed by atoms with Gasteiger partial charge in [0.05, 0.1) is 16.6 Å². The predicted octanol–water partition coefficient (Wildman–Crippen LogP) is 3.93. The number of aryl methyl sites for hydroxylation is 2. The highest BCUT2D eigenvalue weighted by atomic mass is 79.9. The van der Waals surface area contributed by atoms with E-state index in [1.54, 1.807) is 0 Å². The van der Waals surface area contributed by atoms with E-state index in [0.29, 0.717) is 12.1 Å². The van der Waals surface area contributed by atoms with Gasteiger partial charge in [-0.3, -0.25) is 4.79 Å². The number of hydrogen-bond acceptors (Lipinski definition) is 2. The summed E-state index contributed by atoms with van der Waals surface area (Å²) in [6, 6.07) is 15.6. The van der Waals surface area contributed by atoms with Crippen molar-refractivity contribution in [2.24, 2.45) is 0 Å². The number of amides is 1. The Labute approximate surface area is 143 Å². The summed E-state index contributed by atoms with van der Waals surface area (Å²) in [4.78, 5) is 16.7. The van der Waals surface area contributed by atoms with Crippen molar-refractivity contribution in [3.63, 3.8) is 0 Å². The Bertz CT molecular complexity index is 841. The molecule has 0 fully saturated rings. The maximum Gasteiger partial charge on any atom is 0.252 e. The third-order valence-electron chi connectivity index (χ3n) is 3.81. The highest BCUT2D eigenvalue weighted by Gasteiger charge is 2.09. The van der Waals surface area contributed by atoms with Gasteiger partial charge >= 0.3 is 0 Å². The normalized spacial score (nSPS) is 10.9. The lowest BCUT2D eigenvalue weighted by Crippen LogP contribution is -2.25. The topological polar surface area (TPSA) is 46.9 Å². The molecule has 5 heteroatoms. The Hall–Kier alpha value is -2.14. The molecule has 1 amide bonds. The molecule has 0 spiro atoms. The van der Waals surface area contributed by atoms with Gasteiger partial charge in [-0.25, -0.2) is 4.98 Å². The van der Waals surface area contributed by atoms with Gasteiger partial charge in [0, 0.05) is 17.6 Å². The third kappa shape index (κ3) is 3.45. The van der Waals surface area contributed by atoms with Crippen LogP contribution in [0.2, 0.25) is 0 Å². The van der Waals surface area contributed by atoms with Crippen LogP contribution in [0.3, 0.4) is 0 Å². The lowest BCUT2D eigenvalue weighted by atomic mass is 10.2. The second kappa shape index (κ2) is 6.96. The molecule has 0 radical (unpaired) electrons. The zero-order chi connectivity index (χ0) is 16.2. The van der Waals surface area contributed by atoms with Gasteiger partial charge in [-0.2, -0.15) is 0 Å². The fraction of sp³-hybridized carbons (Fsp3) is 0.222. The average Bonchev–Trinajstić information content (AvgIpc) is 2.87. The van der Waals surface area contributed by atoms with Crippen molar-refractivity contribution in [1.82, 2.24) is 14.9 Å². The van der Waals surface area contributed by atoms with Crippen LogP contribution in [0, 0.1) is 6.92 Å². The van der Waals surface area contributed by atoms with Crippen molar-refractivity contribution in [2.75, 3.05) is 6.54 Å². The first-order valence-electron chi connectivity index (χ1n) is 7.61. The maximum atomic E-state index is 12.1. The lowest BCUT2D eigenvalue weighted by Gasteiger charge is -2.09. The van der Waals surface area contributed by atoms with Gasteiger partial charge in [0.15, 0.2) is 0 Å². The van der Waals surface area contributed by atoms with Crippen LogP contribution in [-0.4, -0.2) is 22.0 Å². The van der Waals surface area contributed by atoms with Gasteiger partial charge < -0.3 is 9.88 Å². The number of nitrogens with one attached hydrogen (secondary N) is 1. The molecule has 3 aromatic rings. The van der Waals surface area contributed by atoms with Crippen molar-refractivity contribution >= 4 is 32.9 Å². The highest BCUT2D eigenvalue weighted by molar-refractivity contribution is 9.10. The Kier molecular flexibility index (Phi) is 4.76. The summed E-state index contributed by atoms with van der Waals surface area (Å²) in [5, 5.41) is 2.97. The molecule has 3 rings (SSSR count). The van der Waals surface area contributed by atoms with Crippen molar-refractivity contribution in [3.8, 4) is 0 Å². The molecule has 0 aliphatic heterocycles. The van der Waals surface area contributed by atoms with Gasteiger partial charge in [-0.05, 0) is 53.5 Å². The molecule has 4 nitrogen and oxygen atoms in total. The number of hydrogen-bond donors (Lipinski definition) is 1. The molecular weight excluding hydrogens is 354 g/mol. The summed E-state index contributed by atoms with van der Waals surface area (Å²) in [6.07, 6.45) is 0.859. The summed E-state index contributed by atoms with van der Waals surface area (Å²) in [5.74, 6) is 0.952. The number of benzene rings is 2. The molecule has 1 heterocycles. The molecule has 0 atom stereocenters. The number of carbonyl (C=O) groups excluding carboxylic acids is 1. The lowest BCUT2D eigenvalue weighted by molar-refractivity contribution is 0.0952. The summed E-state index contributed by atoms with van der Waals surface area (Å²) in [6.45, 7) is 3.48. The molecule has 23 heavy (non-hydrogen) atoms. The summed E-state index contributed by atoms with van der Waals surface area (Å²) in [7, 11) is 0. The minimum absolute atomic E-state index is 0.0512. The zero-order valence-electron chi connectivity index (χ0n) is 12.9. The number of nitrogens with zero attached hydrogens (tertiary/aromatic N) is 2. The van der Waals surface area contributed by atoms with Crippen LogP contribution in [0.25, 0.3) is 11.0 Å². The number of para-hydroxylation sites is 2. The average molecular weight is 372 g/mol. The largest absolute Gasteiger partial charge is 0.352 e. The Morgan fingerprint density at radius 1 is 1.17 bits per heavy atom. The monoisotopic (exact) mass is 371 g/mol. The van der Waals surface area contributed by atoms with Crippen molar-refractivity contribution < 1.29 is 4.79 Å². The predicted molar refractivity (Wildman–Crippen MR) is 95.6 cm³/mol. The molecule has 0 aliphatic rings. The van der Waals surface area contributed by atoms with Crippen LogP contribution in [0.15, 0.2) is 53.0 Å². The first-order valence-corrected chi connectivity index (χ1v) is 8.41. The minimum atomic E-state index is -0.0512. The third-order valence-corrected chi connectivity index (χ3v) is 4.50. The van der Waals surface area contributed by atoms with Gasteiger partial charge in [0.25, 0.3) is 5.91 Å². The number of halogens is 1. The molecule has 0 unspecified atom stereocenters. The molecule has 0 bridgehead atoms. The maximum absolute atomic E-state index is 12.1. The second-order valence-corrected chi connectivity index (χ2v) is 6.24. The van der Waals surface area contributed by atoms with E-state index in [4.69, 9.17) is 0 Å². The van der Waals surface area contributed by atoms with Crippen LogP contribution < -0.4 is 5.32 Å². The van der Waals surface area contributed by atoms with E-state index in [1.165, 1.54) is 0 Å². The van der Waals surface area contributed by atoms with Gasteiger partial charge in [-0.1, -0.05) is 24.3 Å². The van der Waals surface area contributed by atoms with Crippen LogP contribution in [0.5, 0.6) is 0 Å². The van der Waals surface area contributed by atoms with E-state index in [1.807, 2.05) is 49.4 Å². The molecule has 1 N–H and O–H groups in total. The summed E-state index contributed by atoms with van der Waals surface area (Å²) in [5.41, 5.74) is 2.82. The van der Waals surface area contributed by atoms with E-state index >= 15 is 0 Å². The number of fused-ring (bicyclic) bond motifs is 1. The fourth-order valence-corrected chi connectivity index (χ4v) is 3.12. The molecular formula is C18H18BrN3O. The smallest absolute Gasteiger partial charge is 0.252 e. The van der Waals surface area contributed by atoms with Crippen LogP contribution >= 0.6 is 15.9 Å². The van der Waals surface area contributed by atoms with Crippen molar-refractivity contribution in [2.45, 2.75) is 19.9 Å². The first kappa shape index (κ1) is 15.7. The second-order valence-electron chi connectivity index (χ2n) is 5.39. The summed E-state index contributed by atoms with van der Waals surface area (Å²) < 4.78 is 3.01. The minimum Gasteiger partial charge on any atom is -0.352 e. The van der Waals surface area contributed by atoms with Crippen LogP contribution in [0.4, 0.5) is 0 Å². The molecule has 118 valence electrons. The van der Waals surface area contributed by atoms with E-state index in [-0.39, 0.29) is 5.91 Å². The summed E-state index contributed by atoms with van der Waals surface area (Å²) >= 11 is 3.40. The molecule has 0 saturated heterocycles. The molecule has 0 aliphatic carbocycles. The Balaban J connectivity index is 1.58. The number of rotatable bonds is 5. The number of aromatic nitrogens is 2. The Morgan fingerprint density at radius 2 is 1.91 bits per heavy atom. The fourth-order valence-electron chi connectivity index (χ4n) is 2.66. The van der Waals surface area contributed by atoms with Crippen molar-refractivity contribution in [1.29, 1.82) is 0 Å².